The third-order valence-electron chi connectivity index (χ3n) is 2.70. The third-order valence-corrected chi connectivity index (χ3v) is 4.08. The summed E-state index contributed by atoms with van der Waals surface area (Å²) in [5, 5.41) is 10.8. The van der Waals surface area contributed by atoms with Crippen molar-refractivity contribution in [3.8, 4) is 0 Å². The molecule has 0 aliphatic heterocycles. The van der Waals surface area contributed by atoms with Gasteiger partial charge in [0, 0.05) is 26.7 Å². The molecule has 0 unspecified atom stereocenters. The van der Waals surface area contributed by atoms with Crippen LogP contribution in [0.1, 0.15) is 19.0 Å². The third kappa shape index (κ3) is 4.71. The summed E-state index contributed by atoms with van der Waals surface area (Å²) in [5.41, 5.74) is 1.01. The maximum Gasteiger partial charge on any atom is 0.211 e. The Morgan fingerprint density at radius 3 is 2.72 bits per heavy atom. The molecule has 0 aromatic carbocycles. The van der Waals surface area contributed by atoms with Gasteiger partial charge in [-0.1, -0.05) is 12.1 Å². The highest BCUT2D eigenvalue weighted by Gasteiger charge is 2.12. The van der Waals surface area contributed by atoms with Crippen LogP contribution in [0, 0.1) is 0 Å². The minimum atomic E-state index is -3.07. The molecule has 1 aromatic heterocycles. The molecule has 1 aromatic rings. The van der Waals surface area contributed by atoms with Gasteiger partial charge in [0.25, 0.3) is 0 Å². The summed E-state index contributed by atoms with van der Waals surface area (Å²) >= 11 is 0. The number of aryl methyl sites for hydroxylation is 1. The molecule has 0 bridgehead atoms. The van der Waals surface area contributed by atoms with E-state index in [0.29, 0.717) is 19.6 Å². The maximum absolute atomic E-state index is 11.3. The number of aromatic nitrogens is 3. The van der Waals surface area contributed by atoms with Gasteiger partial charge in [-0.15, -0.1) is 5.10 Å². The molecule has 0 spiro atoms. The lowest BCUT2D eigenvalue weighted by Crippen LogP contribution is -2.32. The average molecular weight is 275 g/mol. The van der Waals surface area contributed by atoms with Gasteiger partial charge in [-0.05, 0) is 13.0 Å². The first-order valence-electron chi connectivity index (χ1n) is 5.94. The zero-order valence-electron chi connectivity index (χ0n) is 11.1. The van der Waals surface area contributed by atoms with Crippen molar-refractivity contribution in [1.82, 2.24) is 24.6 Å². The highest BCUT2D eigenvalue weighted by molar-refractivity contribution is 7.88. The van der Waals surface area contributed by atoms with Crippen molar-refractivity contribution in [3.63, 3.8) is 0 Å². The SMILES string of the molecule is CCN(CCCNCc1cnnn1C)S(C)(=O)=O. The number of nitrogens with one attached hydrogen (secondary N) is 1. The number of nitrogens with zero attached hydrogens (tertiary/aromatic N) is 4. The maximum atomic E-state index is 11.3. The lowest BCUT2D eigenvalue weighted by atomic mass is 10.4. The number of sulfonamides is 1. The molecule has 0 saturated heterocycles. The van der Waals surface area contributed by atoms with Crippen molar-refractivity contribution in [2.45, 2.75) is 19.9 Å². The Hall–Kier alpha value is -0.990. The zero-order chi connectivity index (χ0) is 13.6. The van der Waals surface area contributed by atoms with E-state index in [4.69, 9.17) is 0 Å². The number of hydrogen-bond donors (Lipinski definition) is 1. The monoisotopic (exact) mass is 275 g/mol. The van der Waals surface area contributed by atoms with Gasteiger partial charge in [-0.3, -0.25) is 4.68 Å². The molecule has 0 atom stereocenters. The molecular formula is C10H21N5O2S. The molecule has 1 rings (SSSR count). The van der Waals surface area contributed by atoms with E-state index < -0.39 is 10.0 Å². The number of rotatable bonds is 8. The molecule has 0 radical (unpaired) electrons. The van der Waals surface area contributed by atoms with Gasteiger partial charge in [0.1, 0.15) is 0 Å². The molecule has 8 heteroatoms. The minimum absolute atomic E-state index is 0.518. The van der Waals surface area contributed by atoms with Crippen LogP contribution >= 0.6 is 0 Å². The molecule has 1 N–H and O–H groups in total. The fourth-order valence-corrected chi connectivity index (χ4v) is 2.56. The Morgan fingerprint density at radius 2 is 2.22 bits per heavy atom. The Bertz CT molecular complexity index is 457. The highest BCUT2D eigenvalue weighted by Crippen LogP contribution is 1.98. The van der Waals surface area contributed by atoms with E-state index in [2.05, 4.69) is 15.6 Å². The zero-order valence-corrected chi connectivity index (χ0v) is 11.9. The first kappa shape index (κ1) is 15.1. The number of hydrogen-bond acceptors (Lipinski definition) is 5. The van der Waals surface area contributed by atoms with E-state index in [1.807, 2.05) is 14.0 Å². The summed E-state index contributed by atoms with van der Waals surface area (Å²) in [7, 11) is -1.23. The van der Waals surface area contributed by atoms with Gasteiger partial charge in [0.05, 0.1) is 18.1 Å². The molecule has 0 saturated carbocycles. The fraction of sp³-hybridized carbons (Fsp3) is 0.800. The smallest absolute Gasteiger partial charge is 0.211 e. The Kier molecular flexibility index (Phi) is 5.70. The van der Waals surface area contributed by atoms with Crippen molar-refractivity contribution in [2.75, 3.05) is 25.9 Å². The van der Waals surface area contributed by atoms with Crippen molar-refractivity contribution < 1.29 is 8.42 Å². The van der Waals surface area contributed by atoms with Gasteiger partial charge in [0.2, 0.25) is 10.0 Å². The topological polar surface area (TPSA) is 80.1 Å². The van der Waals surface area contributed by atoms with E-state index in [1.54, 1.807) is 10.9 Å². The first-order chi connectivity index (χ1) is 8.45. The summed E-state index contributed by atoms with van der Waals surface area (Å²) in [4.78, 5) is 0. The molecule has 0 amide bonds. The van der Waals surface area contributed by atoms with E-state index >= 15 is 0 Å². The molecule has 104 valence electrons. The second-order valence-electron chi connectivity index (χ2n) is 4.13. The van der Waals surface area contributed by atoms with Crippen molar-refractivity contribution in [1.29, 1.82) is 0 Å². The normalized spacial score (nSPS) is 12.2. The second-order valence-corrected chi connectivity index (χ2v) is 6.12. The summed E-state index contributed by atoms with van der Waals surface area (Å²) in [6.45, 7) is 4.36. The quantitative estimate of drug-likeness (QED) is 0.652. The predicted molar refractivity (Wildman–Crippen MR) is 69.4 cm³/mol. The summed E-state index contributed by atoms with van der Waals surface area (Å²) in [6, 6.07) is 0. The molecule has 1 heterocycles. The van der Waals surface area contributed by atoms with Crippen molar-refractivity contribution in [2.24, 2.45) is 7.05 Å². The Morgan fingerprint density at radius 1 is 1.50 bits per heavy atom. The average Bonchev–Trinajstić information content (AvgIpc) is 2.67. The molecule has 0 aliphatic rings. The molecule has 0 aliphatic carbocycles. The fourth-order valence-electron chi connectivity index (χ4n) is 1.63. The minimum Gasteiger partial charge on any atom is -0.311 e. The van der Waals surface area contributed by atoms with Crippen LogP contribution in [0.2, 0.25) is 0 Å². The van der Waals surface area contributed by atoms with E-state index in [9.17, 15) is 8.42 Å². The van der Waals surface area contributed by atoms with Gasteiger partial charge in [-0.2, -0.15) is 0 Å². The van der Waals surface area contributed by atoms with Crippen molar-refractivity contribution in [3.05, 3.63) is 11.9 Å². The predicted octanol–water partition coefficient (Wildman–Crippen LogP) is -0.424. The summed E-state index contributed by atoms with van der Waals surface area (Å²) in [5.74, 6) is 0. The Balaban J connectivity index is 2.21. The van der Waals surface area contributed by atoms with Gasteiger partial charge in [0.15, 0.2) is 0 Å². The lowest BCUT2D eigenvalue weighted by molar-refractivity contribution is 0.418. The van der Waals surface area contributed by atoms with Crippen LogP contribution in [0.5, 0.6) is 0 Å². The van der Waals surface area contributed by atoms with Gasteiger partial charge < -0.3 is 5.32 Å². The lowest BCUT2D eigenvalue weighted by Gasteiger charge is -2.17. The highest BCUT2D eigenvalue weighted by atomic mass is 32.2. The van der Waals surface area contributed by atoms with E-state index in [0.717, 1.165) is 18.7 Å². The molecular weight excluding hydrogens is 254 g/mol. The standard InChI is InChI=1S/C10H21N5O2S/c1-4-15(18(3,16)17)7-5-6-11-8-10-9-12-13-14(10)2/h9,11H,4-8H2,1-3H3. The van der Waals surface area contributed by atoms with Crippen LogP contribution in [-0.2, 0) is 23.6 Å². The second kappa shape index (κ2) is 6.81. The molecule has 18 heavy (non-hydrogen) atoms. The van der Waals surface area contributed by atoms with Crippen LogP contribution in [-0.4, -0.2) is 53.6 Å². The van der Waals surface area contributed by atoms with Crippen LogP contribution in [0.15, 0.2) is 6.20 Å². The molecule has 7 nitrogen and oxygen atoms in total. The summed E-state index contributed by atoms with van der Waals surface area (Å²) in [6.07, 6.45) is 3.74. The van der Waals surface area contributed by atoms with Crippen LogP contribution in [0.25, 0.3) is 0 Å². The van der Waals surface area contributed by atoms with Gasteiger partial charge in [-0.25, -0.2) is 12.7 Å². The largest absolute Gasteiger partial charge is 0.311 e. The summed E-state index contributed by atoms with van der Waals surface area (Å²) < 4.78 is 25.9. The van der Waals surface area contributed by atoms with E-state index in [-0.39, 0.29) is 0 Å². The first-order valence-corrected chi connectivity index (χ1v) is 7.79. The van der Waals surface area contributed by atoms with Gasteiger partial charge >= 0.3 is 0 Å². The Labute approximate surface area is 108 Å². The van der Waals surface area contributed by atoms with Crippen LogP contribution in [0.4, 0.5) is 0 Å². The van der Waals surface area contributed by atoms with E-state index in [1.165, 1.54) is 10.6 Å². The van der Waals surface area contributed by atoms with Crippen molar-refractivity contribution >= 4 is 10.0 Å². The molecule has 0 fully saturated rings. The van der Waals surface area contributed by atoms with Crippen LogP contribution in [0.3, 0.4) is 0 Å². The van der Waals surface area contributed by atoms with Crippen LogP contribution < -0.4 is 5.32 Å².